The van der Waals surface area contributed by atoms with Crippen LogP contribution in [-0.4, -0.2) is 23.7 Å². The zero-order valence-electron chi connectivity index (χ0n) is 11.5. The molecule has 4 nitrogen and oxygen atoms in total. The molecule has 0 spiro atoms. The number of hydrogen-bond acceptors (Lipinski definition) is 4. The van der Waals surface area contributed by atoms with Crippen LogP contribution in [-0.2, 0) is 0 Å². The number of thioether (sulfide) groups is 1. The molecule has 0 saturated heterocycles. The van der Waals surface area contributed by atoms with E-state index in [4.69, 9.17) is 0 Å². The summed E-state index contributed by atoms with van der Waals surface area (Å²) in [5, 5.41) is 6.02. The van der Waals surface area contributed by atoms with Crippen molar-refractivity contribution in [1.29, 1.82) is 0 Å². The van der Waals surface area contributed by atoms with Crippen LogP contribution in [0.3, 0.4) is 0 Å². The molecule has 2 rings (SSSR count). The van der Waals surface area contributed by atoms with E-state index in [1.165, 1.54) is 0 Å². The number of benzene rings is 1. The Bertz CT molecular complexity index is 601. The Morgan fingerprint density at radius 3 is 2.85 bits per heavy atom. The van der Waals surface area contributed by atoms with Crippen molar-refractivity contribution in [3.05, 3.63) is 48.3 Å². The van der Waals surface area contributed by atoms with Crippen LogP contribution in [0.2, 0.25) is 0 Å². The zero-order chi connectivity index (χ0) is 14.4. The van der Waals surface area contributed by atoms with E-state index >= 15 is 0 Å². The summed E-state index contributed by atoms with van der Waals surface area (Å²) in [4.78, 5) is 17.4. The van der Waals surface area contributed by atoms with Gasteiger partial charge in [-0.15, -0.1) is 11.8 Å². The molecular formula is C15H17N3OS. The Hall–Kier alpha value is -2.01. The van der Waals surface area contributed by atoms with Crippen molar-refractivity contribution in [2.24, 2.45) is 0 Å². The highest BCUT2D eigenvalue weighted by Gasteiger charge is 2.08. The van der Waals surface area contributed by atoms with Crippen LogP contribution < -0.4 is 10.6 Å². The van der Waals surface area contributed by atoms with Crippen molar-refractivity contribution >= 4 is 29.0 Å². The SMILES string of the molecule is CCNc1ccnc(C(=O)Nc2cccc(SC)c2)c1. The van der Waals surface area contributed by atoms with Gasteiger partial charge in [0.15, 0.2) is 0 Å². The number of hydrogen-bond donors (Lipinski definition) is 2. The van der Waals surface area contributed by atoms with Crippen molar-refractivity contribution in [1.82, 2.24) is 4.98 Å². The van der Waals surface area contributed by atoms with Gasteiger partial charge in [0.1, 0.15) is 5.69 Å². The molecule has 0 fully saturated rings. The number of carbonyl (C=O) groups is 1. The molecule has 0 atom stereocenters. The third kappa shape index (κ3) is 3.74. The smallest absolute Gasteiger partial charge is 0.274 e. The Morgan fingerprint density at radius 1 is 1.25 bits per heavy atom. The van der Waals surface area contributed by atoms with Gasteiger partial charge in [-0.1, -0.05) is 6.07 Å². The summed E-state index contributed by atoms with van der Waals surface area (Å²) < 4.78 is 0. The quantitative estimate of drug-likeness (QED) is 0.827. The molecule has 2 N–H and O–H groups in total. The maximum absolute atomic E-state index is 12.2. The lowest BCUT2D eigenvalue weighted by Crippen LogP contribution is -2.14. The normalized spacial score (nSPS) is 10.1. The van der Waals surface area contributed by atoms with Gasteiger partial charge in [-0.25, -0.2) is 0 Å². The number of carbonyl (C=O) groups excluding carboxylic acids is 1. The van der Waals surface area contributed by atoms with Crippen molar-refractivity contribution < 1.29 is 4.79 Å². The second-order valence-electron chi connectivity index (χ2n) is 4.15. The Balaban J connectivity index is 2.12. The van der Waals surface area contributed by atoms with Crippen LogP contribution in [0.5, 0.6) is 0 Å². The van der Waals surface area contributed by atoms with Gasteiger partial charge in [-0.3, -0.25) is 9.78 Å². The molecule has 1 amide bonds. The summed E-state index contributed by atoms with van der Waals surface area (Å²) in [7, 11) is 0. The number of nitrogens with zero attached hydrogens (tertiary/aromatic N) is 1. The van der Waals surface area contributed by atoms with E-state index in [0.29, 0.717) is 5.69 Å². The molecule has 0 radical (unpaired) electrons. The van der Waals surface area contributed by atoms with E-state index in [2.05, 4.69) is 15.6 Å². The predicted molar refractivity (Wildman–Crippen MR) is 84.6 cm³/mol. The van der Waals surface area contributed by atoms with Gasteiger partial charge in [0.25, 0.3) is 5.91 Å². The first-order valence-electron chi connectivity index (χ1n) is 6.38. The lowest BCUT2D eigenvalue weighted by molar-refractivity contribution is 0.102. The largest absolute Gasteiger partial charge is 0.385 e. The fraction of sp³-hybridized carbons (Fsp3) is 0.200. The molecule has 0 unspecified atom stereocenters. The number of amides is 1. The molecule has 20 heavy (non-hydrogen) atoms. The van der Waals surface area contributed by atoms with E-state index < -0.39 is 0 Å². The summed E-state index contributed by atoms with van der Waals surface area (Å²) in [6.07, 6.45) is 3.63. The van der Waals surface area contributed by atoms with Crippen LogP contribution >= 0.6 is 11.8 Å². The highest BCUT2D eigenvalue weighted by atomic mass is 32.2. The number of pyridine rings is 1. The Morgan fingerprint density at radius 2 is 2.10 bits per heavy atom. The molecule has 1 aromatic carbocycles. The number of nitrogens with one attached hydrogen (secondary N) is 2. The lowest BCUT2D eigenvalue weighted by Gasteiger charge is -2.08. The first kappa shape index (κ1) is 14.4. The van der Waals surface area contributed by atoms with Crippen molar-refractivity contribution in [2.45, 2.75) is 11.8 Å². The number of aromatic nitrogens is 1. The molecule has 104 valence electrons. The topological polar surface area (TPSA) is 54.0 Å². The summed E-state index contributed by atoms with van der Waals surface area (Å²) >= 11 is 1.64. The Labute approximate surface area is 123 Å². The number of rotatable bonds is 5. The fourth-order valence-corrected chi connectivity index (χ4v) is 2.22. The van der Waals surface area contributed by atoms with Gasteiger partial charge in [-0.05, 0) is 43.5 Å². The standard InChI is InChI=1S/C15H17N3OS/c1-3-16-11-7-8-17-14(10-11)15(19)18-12-5-4-6-13(9-12)20-2/h4-10H,3H2,1-2H3,(H,16,17)(H,18,19). The summed E-state index contributed by atoms with van der Waals surface area (Å²) in [6.45, 7) is 2.81. The molecule has 2 aromatic rings. The molecule has 0 aliphatic heterocycles. The molecular weight excluding hydrogens is 270 g/mol. The molecule has 0 bridgehead atoms. The zero-order valence-corrected chi connectivity index (χ0v) is 12.3. The van der Waals surface area contributed by atoms with Gasteiger partial charge >= 0.3 is 0 Å². The van der Waals surface area contributed by atoms with Gasteiger partial charge in [0.2, 0.25) is 0 Å². The molecule has 1 aromatic heterocycles. The second-order valence-corrected chi connectivity index (χ2v) is 5.03. The third-order valence-electron chi connectivity index (χ3n) is 2.70. The van der Waals surface area contributed by atoms with E-state index in [0.717, 1.165) is 22.8 Å². The second kappa shape index (κ2) is 6.96. The summed E-state index contributed by atoms with van der Waals surface area (Å²) in [6, 6.07) is 11.3. The van der Waals surface area contributed by atoms with E-state index in [1.54, 1.807) is 24.0 Å². The lowest BCUT2D eigenvalue weighted by atomic mass is 10.2. The van der Waals surface area contributed by atoms with Crippen LogP contribution in [0.1, 0.15) is 17.4 Å². The average molecular weight is 287 g/mol. The van der Waals surface area contributed by atoms with Crippen LogP contribution in [0.4, 0.5) is 11.4 Å². The van der Waals surface area contributed by atoms with Gasteiger partial charge in [0, 0.05) is 29.0 Å². The van der Waals surface area contributed by atoms with Crippen molar-refractivity contribution in [3.63, 3.8) is 0 Å². The molecule has 5 heteroatoms. The van der Waals surface area contributed by atoms with Gasteiger partial charge in [-0.2, -0.15) is 0 Å². The highest BCUT2D eigenvalue weighted by Crippen LogP contribution is 2.19. The van der Waals surface area contributed by atoms with Crippen molar-refractivity contribution in [2.75, 3.05) is 23.4 Å². The minimum Gasteiger partial charge on any atom is -0.385 e. The first-order valence-corrected chi connectivity index (χ1v) is 7.60. The minimum atomic E-state index is -0.206. The maximum Gasteiger partial charge on any atom is 0.274 e. The molecule has 0 saturated carbocycles. The summed E-state index contributed by atoms with van der Waals surface area (Å²) in [5.41, 5.74) is 2.07. The monoisotopic (exact) mass is 287 g/mol. The minimum absolute atomic E-state index is 0.206. The van der Waals surface area contributed by atoms with Gasteiger partial charge < -0.3 is 10.6 Å². The predicted octanol–water partition coefficient (Wildman–Crippen LogP) is 3.49. The van der Waals surface area contributed by atoms with E-state index in [-0.39, 0.29) is 5.91 Å². The van der Waals surface area contributed by atoms with Gasteiger partial charge in [0.05, 0.1) is 0 Å². The Kier molecular flexibility index (Phi) is 5.01. The van der Waals surface area contributed by atoms with Crippen molar-refractivity contribution in [3.8, 4) is 0 Å². The molecule has 0 aliphatic rings. The van der Waals surface area contributed by atoms with E-state index in [9.17, 15) is 4.79 Å². The van der Waals surface area contributed by atoms with E-state index in [1.807, 2.05) is 43.5 Å². The fourth-order valence-electron chi connectivity index (χ4n) is 1.76. The maximum atomic E-state index is 12.2. The van der Waals surface area contributed by atoms with Crippen LogP contribution in [0, 0.1) is 0 Å². The van der Waals surface area contributed by atoms with Crippen LogP contribution in [0.25, 0.3) is 0 Å². The first-order chi connectivity index (χ1) is 9.72. The number of anilines is 2. The highest BCUT2D eigenvalue weighted by molar-refractivity contribution is 7.98. The molecule has 1 heterocycles. The average Bonchev–Trinajstić information content (AvgIpc) is 2.48. The third-order valence-corrected chi connectivity index (χ3v) is 3.43. The molecule has 0 aliphatic carbocycles. The van der Waals surface area contributed by atoms with Crippen LogP contribution in [0.15, 0.2) is 47.5 Å². The summed E-state index contributed by atoms with van der Waals surface area (Å²) in [5.74, 6) is -0.206.